The van der Waals surface area contributed by atoms with Gasteiger partial charge in [0.25, 0.3) is 5.91 Å². The van der Waals surface area contributed by atoms with E-state index in [1.165, 1.54) is 0 Å². The lowest BCUT2D eigenvalue weighted by Gasteiger charge is -2.26. The van der Waals surface area contributed by atoms with Gasteiger partial charge in [0.05, 0.1) is 0 Å². The third kappa shape index (κ3) is 1.10. The molecule has 10 heavy (non-hydrogen) atoms. The summed E-state index contributed by atoms with van der Waals surface area (Å²) >= 11 is 0. The number of carbonyl (C=O) groups is 1. The Kier molecular flexibility index (Phi) is 1.89. The fourth-order valence-electron chi connectivity index (χ4n) is 0.866. The molecule has 1 aliphatic heterocycles. The van der Waals surface area contributed by atoms with Gasteiger partial charge >= 0.3 is 0 Å². The van der Waals surface area contributed by atoms with E-state index in [1.807, 2.05) is 18.7 Å². The minimum absolute atomic E-state index is 0.0376. The number of hydrazone groups is 1. The normalized spacial score (nSPS) is 24.8. The van der Waals surface area contributed by atoms with Crippen molar-refractivity contribution in [2.45, 2.75) is 19.9 Å². The van der Waals surface area contributed by atoms with E-state index < -0.39 is 0 Å². The lowest BCUT2D eigenvalue weighted by molar-refractivity contribution is -0.125. The van der Waals surface area contributed by atoms with Crippen molar-refractivity contribution in [3.8, 4) is 0 Å². The van der Waals surface area contributed by atoms with E-state index in [9.17, 15) is 4.79 Å². The highest BCUT2D eigenvalue weighted by atomic mass is 16.2. The van der Waals surface area contributed by atoms with Crippen LogP contribution in [0, 0.1) is 0 Å². The molecule has 1 rings (SSSR count). The Hall–Kier alpha value is -1.06. The van der Waals surface area contributed by atoms with E-state index in [-0.39, 0.29) is 11.9 Å². The molecule has 0 aliphatic carbocycles. The molecule has 1 atom stereocenters. The molecule has 1 aliphatic rings. The highest BCUT2D eigenvalue weighted by molar-refractivity contribution is 5.86. The summed E-state index contributed by atoms with van der Waals surface area (Å²) in [4.78, 5) is 12.8. The van der Waals surface area contributed by atoms with Crippen molar-refractivity contribution >= 4 is 12.2 Å². The molecule has 56 valence electrons. The molecule has 0 saturated heterocycles. The fourth-order valence-corrected chi connectivity index (χ4v) is 0.866. The van der Waals surface area contributed by atoms with Crippen LogP contribution in [0.1, 0.15) is 13.8 Å². The number of hydrogen-bond donors (Lipinski definition) is 1. The van der Waals surface area contributed by atoms with Crippen LogP contribution in [-0.2, 0) is 4.79 Å². The topological polar surface area (TPSA) is 44.7 Å². The van der Waals surface area contributed by atoms with Gasteiger partial charge in [-0.2, -0.15) is 5.10 Å². The van der Waals surface area contributed by atoms with Gasteiger partial charge in [0.1, 0.15) is 12.4 Å². The summed E-state index contributed by atoms with van der Waals surface area (Å²) in [6.45, 7) is 4.66. The monoisotopic (exact) mass is 141 g/mol. The summed E-state index contributed by atoms with van der Waals surface area (Å²) in [5.41, 5.74) is 2.38. The van der Waals surface area contributed by atoms with E-state index >= 15 is 0 Å². The Morgan fingerprint density at radius 1 is 1.90 bits per heavy atom. The van der Waals surface area contributed by atoms with E-state index in [2.05, 4.69) is 10.5 Å². The summed E-state index contributed by atoms with van der Waals surface area (Å²) in [5, 5.41) is 3.66. The number of hydrogen-bond acceptors (Lipinski definition) is 3. The number of nitrogens with one attached hydrogen (secondary N) is 1. The second-order valence-corrected chi connectivity index (χ2v) is 2.23. The lowest BCUT2D eigenvalue weighted by Crippen LogP contribution is -2.47. The molecule has 4 nitrogen and oxygen atoms in total. The van der Waals surface area contributed by atoms with Gasteiger partial charge in [0.2, 0.25) is 0 Å². The predicted octanol–water partition coefficient (Wildman–Crippen LogP) is -0.230. The zero-order valence-corrected chi connectivity index (χ0v) is 6.16. The minimum atomic E-state index is -0.0810. The summed E-state index contributed by atoms with van der Waals surface area (Å²) in [5.74, 6) is -0.0376. The summed E-state index contributed by atoms with van der Waals surface area (Å²) in [7, 11) is 0. The molecular formula is C6H11N3O. The van der Waals surface area contributed by atoms with E-state index in [0.717, 1.165) is 6.54 Å². The third-order valence-corrected chi connectivity index (χ3v) is 1.62. The maximum atomic E-state index is 10.9. The largest absolute Gasteiger partial charge is 0.350 e. The van der Waals surface area contributed by atoms with Gasteiger partial charge in [-0.1, -0.05) is 0 Å². The number of carbonyl (C=O) groups excluding carboxylic acids is 1. The Morgan fingerprint density at radius 2 is 2.60 bits per heavy atom. The summed E-state index contributed by atoms with van der Waals surface area (Å²) in [6, 6.07) is -0.0810. The summed E-state index contributed by atoms with van der Waals surface area (Å²) in [6.07, 6.45) is 1.64. The Bertz CT molecular complexity index is 166. The van der Waals surface area contributed by atoms with Crippen molar-refractivity contribution in [2.24, 2.45) is 5.10 Å². The first-order chi connectivity index (χ1) is 4.75. The standard InChI is InChI=1S/C6H11N3O/c1-3-9-4-7-8-6(10)5(9)2/h4-5H,3H2,1-2H3,(H,8,10). The second kappa shape index (κ2) is 2.68. The van der Waals surface area contributed by atoms with Gasteiger partial charge in [-0.3, -0.25) is 4.79 Å². The van der Waals surface area contributed by atoms with Gasteiger partial charge in [-0.15, -0.1) is 0 Å². The van der Waals surface area contributed by atoms with Crippen molar-refractivity contribution in [3.05, 3.63) is 0 Å². The third-order valence-electron chi connectivity index (χ3n) is 1.62. The van der Waals surface area contributed by atoms with E-state index in [4.69, 9.17) is 0 Å². The second-order valence-electron chi connectivity index (χ2n) is 2.23. The molecule has 0 fully saturated rings. The lowest BCUT2D eigenvalue weighted by atomic mass is 10.3. The van der Waals surface area contributed by atoms with Crippen LogP contribution in [-0.4, -0.2) is 29.7 Å². The fraction of sp³-hybridized carbons (Fsp3) is 0.667. The van der Waals surface area contributed by atoms with Crippen molar-refractivity contribution in [1.82, 2.24) is 10.3 Å². The molecule has 1 unspecified atom stereocenters. The predicted molar refractivity (Wildman–Crippen MR) is 38.5 cm³/mol. The number of likely N-dealkylation sites (N-methyl/N-ethyl adjacent to an activating group) is 1. The highest BCUT2D eigenvalue weighted by Crippen LogP contribution is 1.98. The minimum Gasteiger partial charge on any atom is -0.350 e. The van der Waals surface area contributed by atoms with Crippen LogP contribution in [0.25, 0.3) is 0 Å². The first-order valence-corrected chi connectivity index (χ1v) is 3.34. The van der Waals surface area contributed by atoms with Crippen LogP contribution in [0.5, 0.6) is 0 Å². The van der Waals surface area contributed by atoms with Crippen molar-refractivity contribution in [2.75, 3.05) is 6.54 Å². The first-order valence-electron chi connectivity index (χ1n) is 3.34. The molecule has 4 heteroatoms. The molecule has 0 saturated carbocycles. The average Bonchev–Trinajstić information content (AvgIpc) is 1.95. The van der Waals surface area contributed by atoms with Crippen LogP contribution in [0.3, 0.4) is 0 Å². The van der Waals surface area contributed by atoms with Gasteiger partial charge in [0, 0.05) is 6.54 Å². The van der Waals surface area contributed by atoms with Gasteiger partial charge < -0.3 is 4.90 Å². The molecule has 0 aromatic heterocycles. The van der Waals surface area contributed by atoms with E-state index in [0.29, 0.717) is 0 Å². The quantitative estimate of drug-likeness (QED) is 0.548. The van der Waals surface area contributed by atoms with Crippen LogP contribution in [0.4, 0.5) is 0 Å². The molecule has 1 amide bonds. The van der Waals surface area contributed by atoms with Crippen LogP contribution in [0.15, 0.2) is 5.10 Å². The Balaban J connectivity index is 2.66. The molecule has 0 aromatic rings. The molecule has 0 bridgehead atoms. The highest BCUT2D eigenvalue weighted by Gasteiger charge is 2.20. The van der Waals surface area contributed by atoms with Crippen molar-refractivity contribution < 1.29 is 4.79 Å². The number of amides is 1. The van der Waals surface area contributed by atoms with Crippen LogP contribution >= 0.6 is 0 Å². The molecular weight excluding hydrogens is 130 g/mol. The van der Waals surface area contributed by atoms with Crippen molar-refractivity contribution in [3.63, 3.8) is 0 Å². The van der Waals surface area contributed by atoms with Crippen molar-refractivity contribution in [1.29, 1.82) is 0 Å². The SMILES string of the molecule is CCN1C=NNC(=O)C1C. The van der Waals surface area contributed by atoms with Crippen LogP contribution < -0.4 is 5.43 Å². The van der Waals surface area contributed by atoms with Gasteiger partial charge in [0.15, 0.2) is 0 Å². The molecule has 1 heterocycles. The summed E-state index contributed by atoms with van der Waals surface area (Å²) < 4.78 is 0. The number of rotatable bonds is 1. The van der Waals surface area contributed by atoms with Gasteiger partial charge in [-0.25, -0.2) is 5.43 Å². The molecule has 0 aromatic carbocycles. The van der Waals surface area contributed by atoms with E-state index in [1.54, 1.807) is 6.34 Å². The Morgan fingerprint density at radius 3 is 3.10 bits per heavy atom. The molecule has 0 radical (unpaired) electrons. The average molecular weight is 141 g/mol. The Labute approximate surface area is 59.9 Å². The zero-order valence-electron chi connectivity index (χ0n) is 6.16. The van der Waals surface area contributed by atoms with Gasteiger partial charge in [-0.05, 0) is 13.8 Å². The smallest absolute Gasteiger partial charge is 0.262 e. The molecule has 1 N–H and O–H groups in total. The first kappa shape index (κ1) is 7.05. The van der Waals surface area contributed by atoms with Crippen LogP contribution in [0.2, 0.25) is 0 Å². The number of nitrogens with zero attached hydrogens (tertiary/aromatic N) is 2. The zero-order chi connectivity index (χ0) is 7.56. The molecule has 0 spiro atoms. The maximum Gasteiger partial charge on any atom is 0.262 e. The maximum absolute atomic E-state index is 10.9.